The SMILES string of the molecule is O=CC1=Cc2ccc(C#CCCc3ccccc3)cc2OC1. The summed E-state index contributed by atoms with van der Waals surface area (Å²) >= 11 is 0. The lowest BCUT2D eigenvalue weighted by molar-refractivity contribution is -0.105. The summed E-state index contributed by atoms with van der Waals surface area (Å²) in [5, 5.41) is 0. The normalized spacial score (nSPS) is 12.3. The van der Waals surface area contributed by atoms with Crippen molar-refractivity contribution < 1.29 is 9.53 Å². The van der Waals surface area contributed by atoms with E-state index in [2.05, 4.69) is 24.0 Å². The number of aryl methyl sites for hydroxylation is 1. The van der Waals surface area contributed by atoms with Crippen LogP contribution in [0.5, 0.6) is 5.75 Å². The first-order valence-corrected chi connectivity index (χ1v) is 7.30. The van der Waals surface area contributed by atoms with Crippen molar-refractivity contribution in [3.63, 3.8) is 0 Å². The molecule has 0 spiro atoms. The van der Waals surface area contributed by atoms with Crippen LogP contribution in [0.25, 0.3) is 6.08 Å². The third-order valence-electron chi connectivity index (χ3n) is 3.51. The minimum Gasteiger partial charge on any atom is -0.488 e. The topological polar surface area (TPSA) is 26.3 Å². The van der Waals surface area contributed by atoms with Gasteiger partial charge < -0.3 is 4.74 Å². The molecule has 2 aromatic rings. The molecule has 2 nitrogen and oxygen atoms in total. The van der Waals surface area contributed by atoms with E-state index in [-0.39, 0.29) is 0 Å². The van der Waals surface area contributed by atoms with Crippen molar-refractivity contribution in [3.8, 4) is 17.6 Å². The Morgan fingerprint density at radius 3 is 2.82 bits per heavy atom. The lowest BCUT2D eigenvalue weighted by Crippen LogP contribution is -2.08. The second-order valence-electron chi connectivity index (χ2n) is 5.17. The molecule has 0 unspecified atom stereocenters. The zero-order chi connectivity index (χ0) is 15.2. The standard InChI is InChI=1S/C20H16O2/c21-14-18-12-19-11-10-17(13-20(19)22-15-18)9-5-4-8-16-6-2-1-3-7-16/h1-3,6-7,10-14H,4,8,15H2. The van der Waals surface area contributed by atoms with E-state index in [1.54, 1.807) is 0 Å². The monoisotopic (exact) mass is 288 g/mol. The average Bonchev–Trinajstić information content (AvgIpc) is 2.59. The fourth-order valence-electron chi connectivity index (χ4n) is 2.34. The van der Waals surface area contributed by atoms with Crippen molar-refractivity contribution in [1.82, 2.24) is 0 Å². The van der Waals surface area contributed by atoms with Gasteiger partial charge in [-0.05, 0) is 30.2 Å². The van der Waals surface area contributed by atoms with Crippen LogP contribution in [-0.4, -0.2) is 12.9 Å². The smallest absolute Gasteiger partial charge is 0.149 e. The molecule has 2 aromatic carbocycles. The van der Waals surface area contributed by atoms with Crippen LogP contribution in [0.1, 0.15) is 23.1 Å². The van der Waals surface area contributed by atoms with E-state index in [4.69, 9.17) is 4.74 Å². The average molecular weight is 288 g/mol. The van der Waals surface area contributed by atoms with E-state index >= 15 is 0 Å². The van der Waals surface area contributed by atoms with Gasteiger partial charge >= 0.3 is 0 Å². The second kappa shape index (κ2) is 6.78. The highest BCUT2D eigenvalue weighted by atomic mass is 16.5. The molecule has 0 fully saturated rings. The molecule has 0 atom stereocenters. The van der Waals surface area contributed by atoms with Crippen LogP contribution in [0.4, 0.5) is 0 Å². The second-order valence-corrected chi connectivity index (χ2v) is 5.17. The molecular formula is C20H16O2. The minimum atomic E-state index is 0.335. The molecule has 22 heavy (non-hydrogen) atoms. The highest BCUT2D eigenvalue weighted by Gasteiger charge is 2.10. The Bertz CT molecular complexity index is 761. The Morgan fingerprint density at radius 1 is 1.14 bits per heavy atom. The summed E-state index contributed by atoms with van der Waals surface area (Å²) in [4.78, 5) is 10.8. The molecular weight excluding hydrogens is 272 g/mol. The molecule has 2 heteroatoms. The van der Waals surface area contributed by atoms with E-state index in [1.807, 2.05) is 42.5 Å². The van der Waals surface area contributed by atoms with Gasteiger partial charge in [-0.15, -0.1) is 0 Å². The first-order valence-electron chi connectivity index (χ1n) is 7.30. The lowest BCUT2D eigenvalue weighted by Gasteiger charge is -2.14. The predicted octanol–water partition coefficient (Wildman–Crippen LogP) is 3.65. The Balaban J connectivity index is 1.66. The summed E-state index contributed by atoms with van der Waals surface area (Å²) in [6, 6.07) is 16.2. The van der Waals surface area contributed by atoms with Gasteiger partial charge in [0.15, 0.2) is 0 Å². The molecule has 0 aliphatic carbocycles. The van der Waals surface area contributed by atoms with E-state index in [0.29, 0.717) is 12.2 Å². The molecule has 108 valence electrons. The largest absolute Gasteiger partial charge is 0.488 e. The van der Waals surface area contributed by atoms with Gasteiger partial charge in [0.25, 0.3) is 0 Å². The summed E-state index contributed by atoms with van der Waals surface area (Å²) in [6.07, 6.45) is 4.48. The number of hydrogen-bond acceptors (Lipinski definition) is 2. The quantitative estimate of drug-likeness (QED) is 0.636. The number of carbonyl (C=O) groups is 1. The highest BCUT2D eigenvalue weighted by molar-refractivity contribution is 5.84. The first kappa shape index (κ1) is 14.2. The van der Waals surface area contributed by atoms with E-state index in [9.17, 15) is 4.79 Å². The molecule has 1 aliphatic rings. The molecule has 0 saturated carbocycles. The summed E-state index contributed by atoms with van der Waals surface area (Å²) in [6.45, 7) is 0.335. The number of fused-ring (bicyclic) bond motifs is 1. The summed E-state index contributed by atoms with van der Waals surface area (Å²) in [5.41, 5.74) is 3.84. The van der Waals surface area contributed by atoms with Crippen molar-refractivity contribution in [2.45, 2.75) is 12.8 Å². The number of ether oxygens (including phenoxy) is 1. The van der Waals surface area contributed by atoms with E-state index in [0.717, 1.165) is 36.0 Å². The maximum atomic E-state index is 10.8. The molecule has 0 bridgehead atoms. The third kappa shape index (κ3) is 3.45. The summed E-state index contributed by atoms with van der Waals surface area (Å²) in [5.74, 6) is 7.16. The van der Waals surface area contributed by atoms with Gasteiger partial charge in [-0.25, -0.2) is 0 Å². The molecule has 0 N–H and O–H groups in total. The Kier molecular flexibility index (Phi) is 4.36. The minimum absolute atomic E-state index is 0.335. The third-order valence-corrected chi connectivity index (χ3v) is 3.51. The van der Waals surface area contributed by atoms with Gasteiger partial charge in [0.1, 0.15) is 18.6 Å². The fraction of sp³-hybridized carbons (Fsp3) is 0.150. The van der Waals surface area contributed by atoms with Crippen LogP contribution in [0.15, 0.2) is 54.1 Å². The van der Waals surface area contributed by atoms with Gasteiger partial charge in [-0.3, -0.25) is 4.79 Å². The van der Waals surface area contributed by atoms with Gasteiger partial charge in [-0.1, -0.05) is 48.2 Å². The van der Waals surface area contributed by atoms with Gasteiger partial charge in [0.2, 0.25) is 0 Å². The first-order chi connectivity index (χ1) is 10.8. The van der Waals surface area contributed by atoms with E-state index < -0.39 is 0 Å². The van der Waals surface area contributed by atoms with Crippen LogP contribution in [0, 0.1) is 11.8 Å². The number of rotatable bonds is 3. The molecule has 1 aliphatic heterocycles. The Morgan fingerprint density at radius 2 is 2.00 bits per heavy atom. The van der Waals surface area contributed by atoms with Gasteiger partial charge in [0, 0.05) is 23.1 Å². The van der Waals surface area contributed by atoms with Crippen molar-refractivity contribution >= 4 is 12.4 Å². The van der Waals surface area contributed by atoms with Gasteiger partial charge in [0.05, 0.1) is 0 Å². The van der Waals surface area contributed by atoms with Crippen LogP contribution >= 0.6 is 0 Å². The zero-order valence-electron chi connectivity index (χ0n) is 12.2. The van der Waals surface area contributed by atoms with Crippen molar-refractivity contribution in [3.05, 3.63) is 70.8 Å². The fourth-order valence-corrected chi connectivity index (χ4v) is 2.34. The van der Waals surface area contributed by atoms with Crippen molar-refractivity contribution in [2.24, 2.45) is 0 Å². The lowest BCUT2D eigenvalue weighted by atomic mass is 10.1. The van der Waals surface area contributed by atoms with Crippen LogP contribution < -0.4 is 4.74 Å². The summed E-state index contributed by atoms with van der Waals surface area (Å²) in [7, 11) is 0. The molecule has 1 heterocycles. The maximum Gasteiger partial charge on any atom is 0.149 e. The van der Waals surface area contributed by atoms with Crippen LogP contribution in [0.3, 0.4) is 0 Å². The molecule has 3 rings (SSSR count). The molecule has 0 saturated heterocycles. The van der Waals surface area contributed by atoms with Crippen molar-refractivity contribution in [1.29, 1.82) is 0 Å². The number of hydrogen-bond donors (Lipinski definition) is 0. The van der Waals surface area contributed by atoms with Crippen LogP contribution in [0.2, 0.25) is 0 Å². The molecule has 0 radical (unpaired) electrons. The Hall–Kier alpha value is -2.79. The number of aldehydes is 1. The summed E-state index contributed by atoms with van der Waals surface area (Å²) < 4.78 is 5.58. The van der Waals surface area contributed by atoms with Gasteiger partial charge in [-0.2, -0.15) is 0 Å². The zero-order valence-corrected chi connectivity index (χ0v) is 12.2. The Labute approximate surface area is 130 Å². The maximum absolute atomic E-state index is 10.8. The molecule has 0 amide bonds. The highest BCUT2D eigenvalue weighted by Crippen LogP contribution is 2.26. The number of carbonyl (C=O) groups excluding carboxylic acids is 1. The van der Waals surface area contributed by atoms with E-state index in [1.165, 1.54) is 5.56 Å². The molecule has 0 aromatic heterocycles. The van der Waals surface area contributed by atoms with Crippen LogP contribution in [-0.2, 0) is 11.2 Å². The predicted molar refractivity (Wildman–Crippen MR) is 87.6 cm³/mol. The van der Waals surface area contributed by atoms with Crippen molar-refractivity contribution in [2.75, 3.05) is 6.61 Å². The number of benzene rings is 2.